The third kappa shape index (κ3) is 4.11. The van der Waals surface area contributed by atoms with Gasteiger partial charge in [-0.25, -0.2) is 4.98 Å². The maximum Gasteiger partial charge on any atom is 0.270 e. The third-order valence-corrected chi connectivity index (χ3v) is 4.31. The van der Waals surface area contributed by atoms with E-state index in [4.69, 9.17) is 0 Å². The summed E-state index contributed by atoms with van der Waals surface area (Å²) in [6.07, 6.45) is 0. The summed E-state index contributed by atoms with van der Waals surface area (Å²) in [5.74, 6) is 0.402. The molecule has 0 aliphatic carbocycles. The van der Waals surface area contributed by atoms with Crippen LogP contribution in [0.1, 0.15) is 22.4 Å². The number of azo groups is 1. The van der Waals surface area contributed by atoms with Crippen molar-refractivity contribution >= 4 is 28.6 Å². The zero-order valence-corrected chi connectivity index (χ0v) is 16.1. The smallest absolute Gasteiger partial charge is 0.270 e. The number of para-hydroxylation sites is 1. The highest BCUT2D eigenvalue weighted by Gasteiger charge is 2.16. The Morgan fingerprint density at radius 2 is 1.80 bits per heavy atom. The Balaban J connectivity index is 2.10. The van der Waals surface area contributed by atoms with Crippen LogP contribution >= 0.6 is 0 Å². The lowest BCUT2D eigenvalue weighted by molar-refractivity contribution is -0.384. The largest absolute Gasteiger partial charge is 0.338 e. The fourth-order valence-electron chi connectivity index (χ4n) is 2.79. The number of nitrogens with zero attached hydrogens (tertiary/aromatic N) is 6. The Bertz CT molecular complexity index is 1240. The molecule has 0 amide bonds. The number of hydrogen-bond donors (Lipinski definition) is 1. The maximum atomic E-state index is 10.9. The highest BCUT2D eigenvalue weighted by Crippen LogP contribution is 2.35. The topological polar surface area (TPSA) is 140 Å². The van der Waals surface area contributed by atoms with Gasteiger partial charge in [-0.3, -0.25) is 10.1 Å². The molecule has 0 aliphatic rings. The van der Waals surface area contributed by atoms with E-state index in [9.17, 15) is 20.6 Å². The van der Waals surface area contributed by atoms with Crippen LogP contribution in [0.4, 0.5) is 28.6 Å². The van der Waals surface area contributed by atoms with Gasteiger partial charge in [0.15, 0.2) is 5.82 Å². The van der Waals surface area contributed by atoms with Crippen molar-refractivity contribution in [2.45, 2.75) is 13.8 Å². The number of nitrogens with one attached hydrogen (secondary N) is 1. The van der Waals surface area contributed by atoms with E-state index < -0.39 is 4.92 Å². The number of non-ortho nitro benzene ring substituents is 1. The zero-order chi connectivity index (χ0) is 21.7. The minimum atomic E-state index is -0.586. The van der Waals surface area contributed by atoms with Gasteiger partial charge in [0.25, 0.3) is 5.69 Å². The van der Waals surface area contributed by atoms with E-state index in [2.05, 4.69) is 26.6 Å². The lowest BCUT2D eigenvalue weighted by Gasteiger charge is -2.13. The van der Waals surface area contributed by atoms with Gasteiger partial charge in [-0.05, 0) is 37.6 Å². The van der Waals surface area contributed by atoms with Crippen molar-refractivity contribution in [1.82, 2.24) is 4.98 Å². The van der Waals surface area contributed by atoms with Crippen LogP contribution in [0.5, 0.6) is 0 Å². The minimum Gasteiger partial charge on any atom is -0.338 e. The molecule has 1 aromatic heterocycles. The van der Waals surface area contributed by atoms with E-state index in [1.807, 2.05) is 36.4 Å². The molecule has 0 spiro atoms. The van der Waals surface area contributed by atoms with E-state index >= 15 is 0 Å². The second-order valence-corrected chi connectivity index (χ2v) is 6.27. The molecule has 3 rings (SSSR count). The van der Waals surface area contributed by atoms with Crippen molar-refractivity contribution in [3.8, 4) is 12.1 Å². The Labute approximate surface area is 172 Å². The number of pyridine rings is 1. The standard InChI is InChI=1S/C21H15N7O2/c1-13-18(12-23)14(2)24-21(25-16-6-4-3-5-7-16)20(13)27-26-19-9-8-17(28(29)30)10-15(19)11-22/h3-10H,1-2H3,(H,24,25). The molecule has 0 unspecified atom stereocenters. The van der Waals surface area contributed by atoms with Gasteiger partial charge in [-0.1, -0.05) is 18.2 Å². The number of nitro benzene ring substituents is 1. The number of rotatable bonds is 5. The summed E-state index contributed by atoms with van der Waals surface area (Å²) in [4.78, 5) is 14.8. The number of hydrogen-bond acceptors (Lipinski definition) is 8. The molecule has 1 N–H and O–H groups in total. The first-order valence-corrected chi connectivity index (χ1v) is 8.78. The predicted molar refractivity (Wildman–Crippen MR) is 110 cm³/mol. The fourth-order valence-corrected chi connectivity index (χ4v) is 2.79. The molecular weight excluding hydrogens is 382 g/mol. The first-order valence-electron chi connectivity index (χ1n) is 8.78. The zero-order valence-electron chi connectivity index (χ0n) is 16.1. The van der Waals surface area contributed by atoms with Crippen molar-refractivity contribution in [1.29, 1.82) is 10.5 Å². The summed E-state index contributed by atoms with van der Waals surface area (Å²) in [7, 11) is 0. The molecule has 2 aromatic carbocycles. The average molecular weight is 397 g/mol. The Kier molecular flexibility index (Phi) is 5.76. The summed E-state index contributed by atoms with van der Waals surface area (Å²) >= 11 is 0. The van der Waals surface area contributed by atoms with Crippen LogP contribution in [0, 0.1) is 46.6 Å². The maximum absolute atomic E-state index is 10.9. The number of nitriles is 2. The van der Waals surface area contributed by atoms with Gasteiger partial charge in [-0.2, -0.15) is 10.5 Å². The molecule has 146 valence electrons. The Hall–Kier alpha value is -4.63. The molecule has 30 heavy (non-hydrogen) atoms. The summed E-state index contributed by atoms with van der Waals surface area (Å²) in [5, 5.41) is 41.2. The first-order chi connectivity index (χ1) is 14.4. The molecule has 1 heterocycles. The van der Waals surface area contributed by atoms with Crippen LogP contribution in [0.3, 0.4) is 0 Å². The summed E-state index contributed by atoms with van der Waals surface area (Å²) < 4.78 is 0. The molecule has 0 fully saturated rings. The molecule has 0 aliphatic heterocycles. The van der Waals surface area contributed by atoms with Crippen LogP contribution in [0.2, 0.25) is 0 Å². The normalized spacial score (nSPS) is 10.4. The van der Waals surface area contributed by atoms with Crippen LogP contribution in [-0.4, -0.2) is 9.91 Å². The van der Waals surface area contributed by atoms with E-state index in [0.29, 0.717) is 28.3 Å². The van der Waals surface area contributed by atoms with E-state index in [0.717, 1.165) is 11.8 Å². The number of aromatic nitrogens is 1. The van der Waals surface area contributed by atoms with Gasteiger partial charge in [0.2, 0.25) is 0 Å². The lowest BCUT2D eigenvalue weighted by Crippen LogP contribution is -2.00. The minimum absolute atomic E-state index is 0.0174. The monoisotopic (exact) mass is 397 g/mol. The van der Waals surface area contributed by atoms with Crippen LogP contribution in [-0.2, 0) is 0 Å². The average Bonchev–Trinajstić information content (AvgIpc) is 2.74. The van der Waals surface area contributed by atoms with Crippen molar-refractivity contribution in [2.24, 2.45) is 10.2 Å². The lowest BCUT2D eigenvalue weighted by atomic mass is 10.1. The molecule has 0 saturated heterocycles. The number of aryl methyl sites for hydroxylation is 1. The van der Waals surface area contributed by atoms with E-state index in [-0.39, 0.29) is 16.9 Å². The van der Waals surface area contributed by atoms with Gasteiger partial charge in [-0.15, -0.1) is 10.2 Å². The second kappa shape index (κ2) is 8.59. The van der Waals surface area contributed by atoms with Crippen LogP contribution in [0.25, 0.3) is 0 Å². The van der Waals surface area contributed by atoms with Crippen LogP contribution < -0.4 is 5.32 Å². The Morgan fingerprint density at radius 1 is 1.07 bits per heavy atom. The number of benzene rings is 2. The van der Waals surface area contributed by atoms with Gasteiger partial charge in [0.05, 0.1) is 21.7 Å². The first kappa shape index (κ1) is 20.1. The fraction of sp³-hybridized carbons (Fsp3) is 0.0952. The number of nitro groups is 1. The van der Waals surface area contributed by atoms with Gasteiger partial charge >= 0.3 is 0 Å². The van der Waals surface area contributed by atoms with Crippen molar-refractivity contribution in [3.05, 3.63) is 81.0 Å². The van der Waals surface area contributed by atoms with Crippen molar-refractivity contribution in [3.63, 3.8) is 0 Å². The number of anilines is 2. The van der Waals surface area contributed by atoms with Crippen molar-refractivity contribution in [2.75, 3.05) is 5.32 Å². The molecule has 0 atom stereocenters. The summed E-state index contributed by atoms with van der Waals surface area (Å²) in [5.41, 5.74) is 2.59. The molecule has 9 nitrogen and oxygen atoms in total. The van der Waals surface area contributed by atoms with Gasteiger partial charge < -0.3 is 5.32 Å². The molecular formula is C21H15N7O2. The van der Waals surface area contributed by atoms with Gasteiger partial charge in [0, 0.05) is 17.8 Å². The van der Waals surface area contributed by atoms with Crippen LogP contribution in [0.15, 0.2) is 58.8 Å². The molecule has 0 radical (unpaired) electrons. The van der Waals surface area contributed by atoms with E-state index in [1.165, 1.54) is 12.1 Å². The molecule has 9 heteroatoms. The quantitative estimate of drug-likeness (QED) is 0.342. The predicted octanol–water partition coefficient (Wildman–Crippen LogP) is 5.51. The van der Waals surface area contributed by atoms with Crippen molar-refractivity contribution < 1.29 is 4.92 Å². The van der Waals surface area contributed by atoms with E-state index in [1.54, 1.807) is 13.8 Å². The molecule has 0 bridgehead atoms. The SMILES string of the molecule is Cc1nc(Nc2ccccc2)c(N=Nc2ccc([N+](=O)[O-])cc2C#N)c(C)c1C#N. The summed E-state index contributed by atoms with van der Waals surface area (Å²) in [6.45, 7) is 3.46. The third-order valence-electron chi connectivity index (χ3n) is 4.31. The molecule has 0 saturated carbocycles. The Morgan fingerprint density at radius 3 is 2.43 bits per heavy atom. The highest BCUT2D eigenvalue weighted by atomic mass is 16.6. The van der Waals surface area contributed by atoms with Gasteiger partial charge in [0.1, 0.15) is 23.5 Å². The summed E-state index contributed by atoms with van der Waals surface area (Å²) in [6, 6.07) is 17.1. The highest BCUT2D eigenvalue weighted by molar-refractivity contribution is 5.74. The molecule has 3 aromatic rings. The second-order valence-electron chi connectivity index (χ2n) is 6.27.